The fraction of sp³-hybridized carbons (Fsp3) is 0.389. The fourth-order valence-electron chi connectivity index (χ4n) is 3.76. The molecule has 0 unspecified atom stereocenters. The molecule has 8 nitrogen and oxygen atoms in total. The van der Waals surface area contributed by atoms with Gasteiger partial charge >= 0.3 is 0 Å². The molecular formula is C18H18N4O4. The van der Waals surface area contributed by atoms with Crippen LogP contribution in [0.4, 0.5) is 5.69 Å². The van der Waals surface area contributed by atoms with Crippen molar-refractivity contribution < 1.29 is 18.8 Å². The number of nitrogens with one attached hydrogen (secondary N) is 1. The van der Waals surface area contributed by atoms with Crippen molar-refractivity contribution in [1.29, 1.82) is 0 Å². The fourth-order valence-corrected chi connectivity index (χ4v) is 3.76. The van der Waals surface area contributed by atoms with Crippen LogP contribution in [-0.2, 0) is 14.4 Å². The second-order valence-electron chi connectivity index (χ2n) is 6.63. The molecule has 2 fully saturated rings. The van der Waals surface area contributed by atoms with E-state index in [0.717, 1.165) is 30.6 Å². The van der Waals surface area contributed by atoms with Crippen LogP contribution in [0.5, 0.6) is 0 Å². The maximum atomic E-state index is 12.4. The number of nitrogens with zero attached hydrogens (tertiary/aromatic N) is 3. The lowest BCUT2D eigenvalue weighted by atomic mass is 9.81. The Balaban J connectivity index is 1.44. The van der Waals surface area contributed by atoms with Crippen LogP contribution in [0.3, 0.4) is 0 Å². The minimum Gasteiger partial charge on any atom is -0.423 e. The minimum absolute atomic E-state index is 0.213. The quantitative estimate of drug-likeness (QED) is 0.840. The molecule has 134 valence electrons. The van der Waals surface area contributed by atoms with E-state index in [1.165, 1.54) is 6.39 Å². The van der Waals surface area contributed by atoms with Crippen LogP contribution in [0.1, 0.15) is 25.7 Å². The highest BCUT2D eigenvalue weighted by molar-refractivity contribution is 6.08. The number of imide groups is 1. The number of hydrogen-bond donors (Lipinski definition) is 1. The average molecular weight is 354 g/mol. The van der Waals surface area contributed by atoms with Crippen molar-refractivity contribution in [3.05, 3.63) is 30.7 Å². The zero-order chi connectivity index (χ0) is 18.1. The van der Waals surface area contributed by atoms with Crippen molar-refractivity contribution in [1.82, 2.24) is 15.1 Å². The topological polar surface area (TPSA) is 105 Å². The van der Waals surface area contributed by atoms with E-state index in [0.29, 0.717) is 17.1 Å². The summed E-state index contributed by atoms with van der Waals surface area (Å²) in [5, 5.41) is 10.2. The molecule has 1 saturated carbocycles. The summed E-state index contributed by atoms with van der Waals surface area (Å²) in [6.45, 7) is -0.255. The van der Waals surface area contributed by atoms with Gasteiger partial charge in [0.1, 0.15) is 6.54 Å². The SMILES string of the molecule is O=C(CN1C(=O)[C@@H]2CCCC[C@H]2C1=O)Nc1cccc(-c2nnco2)c1. The Morgan fingerprint density at radius 1 is 1.19 bits per heavy atom. The number of likely N-dealkylation sites (tertiary alicyclic amines) is 1. The van der Waals surface area contributed by atoms with Crippen molar-refractivity contribution in [3.63, 3.8) is 0 Å². The Bertz CT molecular complexity index is 825. The summed E-state index contributed by atoms with van der Waals surface area (Å²) in [4.78, 5) is 38.4. The Labute approximate surface area is 149 Å². The molecule has 2 aromatic rings. The van der Waals surface area contributed by atoms with Crippen molar-refractivity contribution in [2.75, 3.05) is 11.9 Å². The Kier molecular flexibility index (Phi) is 4.24. The second-order valence-corrected chi connectivity index (χ2v) is 6.63. The first-order chi connectivity index (χ1) is 12.6. The third kappa shape index (κ3) is 2.98. The lowest BCUT2D eigenvalue weighted by molar-refractivity contribution is -0.142. The summed E-state index contributed by atoms with van der Waals surface area (Å²) in [6, 6.07) is 6.93. The molecule has 4 rings (SSSR count). The van der Waals surface area contributed by atoms with E-state index in [2.05, 4.69) is 15.5 Å². The third-order valence-electron chi connectivity index (χ3n) is 4.99. The monoisotopic (exact) mass is 354 g/mol. The van der Waals surface area contributed by atoms with Crippen molar-refractivity contribution in [2.45, 2.75) is 25.7 Å². The zero-order valence-corrected chi connectivity index (χ0v) is 14.1. The molecular weight excluding hydrogens is 336 g/mol. The number of rotatable bonds is 4. The summed E-state index contributed by atoms with van der Waals surface area (Å²) in [5.74, 6) is -0.984. The molecule has 0 radical (unpaired) electrons. The van der Waals surface area contributed by atoms with Gasteiger partial charge in [-0.2, -0.15) is 0 Å². The van der Waals surface area contributed by atoms with Gasteiger partial charge in [-0.25, -0.2) is 0 Å². The highest BCUT2D eigenvalue weighted by Crippen LogP contribution is 2.37. The zero-order valence-electron chi connectivity index (χ0n) is 14.1. The molecule has 1 saturated heterocycles. The molecule has 1 N–H and O–H groups in total. The number of carbonyl (C=O) groups excluding carboxylic acids is 3. The summed E-state index contributed by atoms with van der Waals surface area (Å²) in [6.07, 6.45) is 4.62. The van der Waals surface area contributed by atoms with Crippen LogP contribution < -0.4 is 5.32 Å². The molecule has 8 heteroatoms. The molecule has 3 amide bonds. The molecule has 1 aliphatic heterocycles. The van der Waals surface area contributed by atoms with Gasteiger partial charge in [0.05, 0.1) is 11.8 Å². The number of aromatic nitrogens is 2. The second kappa shape index (κ2) is 6.70. The van der Waals surface area contributed by atoms with E-state index in [1.54, 1.807) is 24.3 Å². The molecule has 2 aliphatic rings. The predicted octanol–water partition coefficient (Wildman–Crippen LogP) is 1.85. The van der Waals surface area contributed by atoms with Gasteiger partial charge in [-0.15, -0.1) is 10.2 Å². The molecule has 1 aliphatic carbocycles. The van der Waals surface area contributed by atoms with Gasteiger partial charge in [-0.05, 0) is 31.0 Å². The summed E-state index contributed by atoms with van der Waals surface area (Å²) in [7, 11) is 0. The van der Waals surface area contributed by atoms with Crippen molar-refractivity contribution in [2.24, 2.45) is 11.8 Å². The Morgan fingerprint density at radius 3 is 2.58 bits per heavy atom. The van der Waals surface area contributed by atoms with E-state index in [9.17, 15) is 14.4 Å². The van der Waals surface area contributed by atoms with Crippen LogP contribution in [0.2, 0.25) is 0 Å². The molecule has 26 heavy (non-hydrogen) atoms. The van der Waals surface area contributed by atoms with E-state index in [1.807, 2.05) is 0 Å². The average Bonchev–Trinajstić information content (AvgIpc) is 3.26. The first kappa shape index (κ1) is 16.4. The summed E-state index contributed by atoms with van der Waals surface area (Å²) >= 11 is 0. The number of carbonyl (C=O) groups is 3. The number of anilines is 1. The molecule has 2 atom stereocenters. The standard InChI is InChI=1S/C18H18N4O4/c23-15(9-22-17(24)13-6-1-2-7-14(13)18(22)25)20-12-5-3-4-11(8-12)16-21-19-10-26-16/h3-5,8,10,13-14H,1-2,6-7,9H2,(H,20,23)/t13-,14-/m1/s1. The minimum atomic E-state index is -0.409. The number of hydrogen-bond acceptors (Lipinski definition) is 6. The molecule has 1 aromatic carbocycles. The normalized spacial score (nSPS) is 22.4. The van der Waals surface area contributed by atoms with Crippen LogP contribution in [-0.4, -0.2) is 39.4 Å². The molecule has 2 heterocycles. The largest absolute Gasteiger partial charge is 0.423 e. The Morgan fingerprint density at radius 2 is 1.92 bits per heavy atom. The van der Waals surface area contributed by atoms with Gasteiger partial charge in [-0.3, -0.25) is 19.3 Å². The van der Waals surface area contributed by atoms with Gasteiger partial charge < -0.3 is 9.73 Å². The van der Waals surface area contributed by atoms with E-state index >= 15 is 0 Å². The number of benzene rings is 1. The smallest absolute Gasteiger partial charge is 0.247 e. The van der Waals surface area contributed by atoms with Crippen LogP contribution >= 0.6 is 0 Å². The van der Waals surface area contributed by atoms with Crippen LogP contribution in [0, 0.1) is 11.8 Å². The molecule has 1 aromatic heterocycles. The lowest BCUT2D eigenvalue weighted by Crippen LogP contribution is -2.38. The van der Waals surface area contributed by atoms with E-state index < -0.39 is 5.91 Å². The van der Waals surface area contributed by atoms with Gasteiger partial charge in [0, 0.05) is 11.3 Å². The van der Waals surface area contributed by atoms with Gasteiger partial charge in [-0.1, -0.05) is 18.9 Å². The van der Waals surface area contributed by atoms with Crippen LogP contribution in [0.25, 0.3) is 11.5 Å². The predicted molar refractivity (Wildman–Crippen MR) is 90.5 cm³/mol. The lowest BCUT2D eigenvalue weighted by Gasteiger charge is -2.19. The van der Waals surface area contributed by atoms with Crippen LogP contribution in [0.15, 0.2) is 35.1 Å². The van der Waals surface area contributed by atoms with Gasteiger partial charge in [0.2, 0.25) is 30.0 Å². The third-order valence-corrected chi connectivity index (χ3v) is 4.99. The first-order valence-electron chi connectivity index (χ1n) is 8.65. The van der Waals surface area contributed by atoms with Gasteiger partial charge in [0.25, 0.3) is 0 Å². The highest BCUT2D eigenvalue weighted by Gasteiger charge is 2.48. The summed E-state index contributed by atoms with van der Waals surface area (Å²) in [5.41, 5.74) is 1.20. The molecule has 0 bridgehead atoms. The highest BCUT2D eigenvalue weighted by atomic mass is 16.4. The van der Waals surface area contributed by atoms with Gasteiger partial charge in [0.15, 0.2) is 0 Å². The summed E-state index contributed by atoms with van der Waals surface area (Å²) < 4.78 is 5.14. The maximum Gasteiger partial charge on any atom is 0.247 e. The molecule has 0 spiro atoms. The number of fused-ring (bicyclic) bond motifs is 1. The first-order valence-corrected chi connectivity index (χ1v) is 8.65. The van der Waals surface area contributed by atoms with E-state index in [-0.39, 0.29) is 30.2 Å². The van der Waals surface area contributed by atoms with Crippen molar-refractivity contribution in [3.8, 4) is 11.5 Å². The maximum absolute atomic E-state index is 12.4. The number of amides is 3. The van der Waals surface area contributed by atoms with E-state index in [4.69, 9.17) is 4.42 Å². The van der Waals surface area contributed by atoms with Crippen molar-refractivity contribution >= 4 is 23.4 Å². The Hall–Kier alpha value is -3.03.